The molecule has 170 valence electrons. The predicted molar refractivity (Wildman–Crippen MR) is 134 cm³/mol. The standard InChI is InChI=1S/C21H35N5O2S.HI/c1-18-5-3-8-20(15-18)17-25-10-12-26(13-11-25)21(22-2)23-9-14-29(27,28)24-16-19-6-4-7-19;/h3,5,8,15,19,24H,4,6-7,9-14,16-17H2,1-2H3,(H,22,23);1H. The molecule has 1 aliphatic carbocycles. The SMILES string of the molecule is CN=C(NCCS(=O)(=O)NCC1CCC1)N1CCN(Cc2cccc(C)c2)CC1.I. The second-order valence-electron chi connectivity index (χ2n) is 8.19. The highest BCUT2D eigenvalue weighted by Gasteiger charge is 2.22. The third-order valence-corrected chi connectivity index (χ3v) is 7.19. The third kappa shape index (κ3) is 7.97. The molecule has 1 aliphatic heterocycles. The van der Waals surface area contributed by atoms with Crippen LogP contribution in [0, 0.1) is 12.8 Å². The lowest BCUT2D eigenvalue weighted by Crippen LogP contribution is -2.52. The number of nitrogens with one attached hydrogen (secondary N) is 2. The van der Waals surface area contributed by atoms with Gasteiger partial charge in [-0.15, -0.1) is 24.0 Å². The van der Waals surface area contributed by atoms with Gasteiger partial charge in [0.1, 0.15) is 0 Å². The van der Waals surface area contributed by atoms with E-state index >= 15 is 0 Å². The van der Waals surface area contributed by atoms with Crippen molar-refractivity contribution >= 4 is 40.0 Å². The minimum Gasteiger partial charge on any atom is -0.355 e. The molecule has 0 amide bonds. The Balaban J connectivity index is 0.00000320. The first kappa shape index (κ1) is 25.4. The minimum atomic E-state index is -3.23. The molecule has 1 heterocycles. The van der Waals surface area contributed by atoms with Crippen LogP contribution in [-0.2, 0) is 16.6 Å². The Morgan fingerprint density at radius 3 is 2.53 bits per heavy atom. The summed E-state index contributed by atoms with van der Waals surface area (Å²) in [7, 11) is -1.47. The topological polar surface area (TPSA) is 77.0 Å². The van der Waals surface area contributed by atoms with Crippen molar-refractivity contribution in [3.63, 3.8) is 0 Å². The first-order valence-electron chi connectivity index (χ1n) is 10.7. The van der Waals surface area contributed by atoms with E-state index in [1.807, 2.05) is 0 Å². The van der Waals surface area contributed by atoms with Crippen LogP contribution in [0.1, 0.15) is 30.4 Å². The molecule has 0 spiro atoms. The zero-order valence-electron chi connectivity index (χ0n) is 18.1. The van der Waals surface area contributed by atoms with E-state index in [0.29, 0.717) is 19.0 Å². The number of hydrogen-bond donors (Lipinski definition) is 2. The lowest BCUT2D eigenvalue weighted by Gasteiger charge is -2.36. The van der Waals surface area contributed by atoms with Gasteiger partial charge in [0.15, 0.2) is 5.96 Å². The van der Waals surface area contributed by atoms with Crippen molar-refractivity contribution < 1.29 is 8.42 Å². The molecule has 1 saturated carbocycles. The highest BCUT2D eigenvalue weighted by molar-refractivity contribution is 14.0. The summed E-state index contributed by atoms with van der Waals surface area (Å²) in [6.07, 6.45) is 3.51. The molecule has 3 rings (SSSR count). The molecule has 30 heavy (non-hydrogen) atoms. The van der Waals surface area contributed by atoms with Crippen molar-refractivity contribution in [1.29, 1.82) is 0 Å². The van der Waals surface area contributed by atoms with Gasteiger partial charge in [-0.2, -0.15) is 0 Å². The fraction of sp³-hybridized carbons (Fsp3) is 0.667. The van der Waals surface area contributed by atoms with Crippen molar-refractivity contribution in [2.45, 2.75) is 32.7 Å². The molecule has 1 aromatic carbocycles. The van der Waals surface area contributed by atoms with Gasteiger partial charge < -0.3 is 10.2 Å². The van der Waals surface area contributed by atoms with E-state index in [-0.39, 0.29) is 29.7 Å². The quantitative estimate of drug-likeness (QED) is 0.295. The molecule has 2 fully saturated rings. The fourth-order valence-corrected chi connectivity index (χ4v) is 4.83. The van der Waals surface area contributed by atoms with E-state index in [4.69, 9.17) is 0 Å². The molecule has 1 aromatic rings. The van der Waals surface area contributed by atoms with Crippen molar-refractivity contribution in [3.8, 4) is 0 Å². The molecule has 0 bridgehead atoms. The Morgan fingerprint density at radius 2 is 1.93 bits per heavy atom. The van der Waals surface area contributed by atoms with Gasteiger partial charge in [0.25, 0.3) is 0 Å². The third-order valence-electron chi connectivity index (χ3n) is 5.84. The van der Waals surface area contributed by atoms with Gasteiger partial charge in [0, 0.05) is 52.9 Å². The van der Waals surface area contributed by atoms with Crippen molar-refractivity contribution in [1.82, 2.24) is 19.8 Å². The maximum Gasteiger partial charge on any atom is 0.213 e. The summed E-state index contributed by atoms with van der Waals surface area (Å²) in [5.74, 6) is 1.39. The highest BCUT2D eigenvalue weighted by Crippen LogP contribution is 2.25. The van der Waals surface area contributed by atoms with E-state index < -0.39 is 10.0 Å². The Hall–Kier alpha value is -0.910. The van der Waals surface area contributed by atoms with Crippen LogP contribution < -0.4 is 10.0 Å². The van der Waals surface area contributed by atoms with Crippen molar-refractivity contribution in [3.05, 3.63) is 35.4 Å². The van der Waals surface area contributed by atoms with E-state index in [9.17, 15) is 8.42 Å². The van der Waals surface area contributed by atoms with Gasteiger partial charge in [-0.1, -0.05) is 36.2 Å². The van der Waals surface area contributed by atoms with Crippen LogP contribution in [0.4, 0.5) is 0 Å². The Kier molecular flexibility index (Phi) is 10.3. The maximum atomic E-state index is 12.2. The number of hydrogen-bond acceptors (Lipinski definition) is 4. The van der Waals surface area contributed by atoms with E-state index in [0.717, 1.165) is 51.5 Å². The second kappa shape index (κ2) is 12.2. The molecular weight excluding hydrogens is 513 g/mol. The molecule has 7 nitrogen and oxygen atoms in total. The van der Waals surface area contributed by atoms with E-state index in [2.05, 4.69) is 56.0 Å². The smallest absolute Gasteiger partial charge is 0.213 e. The first-order valence-corrected chi connectivity index (χ1v) is 12.3. The van der Waals surface area contributed by atoms with Gasteiger partial charge in [-0.3, -0.25) is 9.89 Å². The van der Waals surface area contributed by atoms with Crippen LogP contribution in [-0.4, -0.2) is 76.2 Å². The number of aliphatic imine (C=N–C) groups is 1. The van der Waals surface area contributed by atoms with Crippen LogP contribution in [0.2, 0.25) is 0 Å². The zero-order valence-corrected chi connectivity index (χ0v) is 21.3. The molecule has 0 atom stereocenters. The summed E-state index contributed by atoms with van der Waals surface area (Å²) in [6, 6.07) is 8.66. The first-order chi connectivity index (χ1) is 13.9. The van der Waals surface area contributed by atoms with Gasteiger partial charge in [-0.25, -0.2) is 13.1 Å². The number of nitrogens with zero attached hydrogens (tertiary/aromatic N) is 3. The predicted octanol–water partition coefficient (Wildman–Crippen LogP) is 2.03. The van der Waals surface area contributed by atoms with Gasteiger partial charge in [0.2, 0.25) is 10.0 Å². The Labute approximate surface area is 198 Å². The fourth-order valence-electron chi connectivity index (χ4n) is 3.83. The number of benzene rings is 1. The van der Waals surface area contributed by atoms with Gasteiger partial charge >= 0.3 is 0 Å². The van der Waals surface area contributed by atoms with Crippen molar-refractivity contribution in [2.24, 2.45) is 10.9 Å². The molecule has 0 unspecified atom stereocenters. The number of rotatable bonds is 8. The van der Waals surface area contributed by atoms with Crippen molar-refractivity contribution in [2.75, 3.05) is 52.1 Å². The van der Waals surface area contributed by atoms with E-state index in [1.165, 1.54) is 17.5 Å². The molecule has 2 aliphatic rings. The molecule has 1 saturated heterocycles. The number of sulfonamides is 1. The average molecular weight is 550 g/mol. The largest absolute Gasteiger partial charge is 0.355 e. The molecule has 0 radical (unpaired) electrons. The normalized spacial score (nSPS) is 18.6. The molecule has 2 N–H and O–H groups in total. The zero-order chi connectivity index (χ0) is 20.7. The Morgan fingerprint density at radius 1 is 1.20 bits per heavy atom. The summed E-state index contributed by atoms with van der Waals surface area (Å²) in [5.41, 5.74) is 2.64. The average Bonchev–Trinajstić information content (AvgIpc) is 2.65. The molecular formula is C21H36IN5O2S. The second-order valence-corrected chi connectivity index (χ2v) is 10.1. The summed E-state index contributed by atoms with van der Waals surface area (Å²) in [6.45, 7) is 7.75. The monoisotopic (exact) mass is 549 g/mol. The lowest BCUT2D eigenvalue weighted by atomic mass is 9.86. The maximum absolute atomic E-state index is 12.2. The number of aryl methyl sites for hydroxylation is 1. The van der Waals surface area contributed by atoms with Crippen LogP contribution in [0.5, 0.6) is 0 Å². The summed E-state index contributed by atoms with van der Waals surface area (Å²) in [4.78, 5) is 9.01. The van der Waals surface area contributed by atoms with Gasteiger partial charge in [-0.05, 0) is 31.2 Å². The molecule has 9 heteroatoms. The molecule has 0 aromatic heterocycles. The van der Waals surface area contributed by atoms with Crippen LogP contribution in [0.15, 0.2) is 29.3 Å². The summed E-state index contributed by atoms with van der Waals surface area (Å²) >= 11 is 0. The van der Waals surface area contributed by atoms with Crippen LogP contribution >= 0.6 is 24.0 Å². The summed E-state index contributed by atoms with van der Waals surface area (Å²) < 4.78 is 27.0. The minimum absolute atomic E-state index is 0. The van der Waals surface area contributed by atoms with Crippen LogP contribution in [0.3, 0.4) is 0 Å². The number of guanidine groups is 1. The number of halogens is 1. The lowest BCUT2D eigenvalue weighted by molar-refractivity contribution is 0.172. The Bertz CT molecular complexity index is 790. The highest BCUT2D eigenvalue weighted by atomic mass is 127. The summed E-state index contributed by atoms with van der Waals surface area (Å²) in [5, 5.41) is 3.22. The van der Waals surface area contributed by atoms with Crippen LogP contribution in [0.25, 0.3) is 0 Å². The number of piperazine rings is 1. The van der Waals surface area contributed by atoms with Gasteiger partial charge in [0.05, 0.1) is 5.75 Å². The van der Waals surface area contributed by atoms with E-state index in [1.54, 1.807) is 7.05 Å².